The van der Waals surface area contributed by atoms with Gasteiger partial charge in [0.15, 0.2) is 0 Å². The molecule has 1 aromatic carbocycles. The lowest BCUT2D eigenvalue weighted by molar-refractivity contribution is 0.0472. The highest BCUT2D eigenvalue weighted by molar-refractivity contribution is 14.1. The van der Waals surface area contributed by atoms with Crippen molar-refractivity contribution in [3.63, 3.8) is 0 Å². The van der Waals surface area contributed by atoms with E-state index in [1.165, 1.54) is 0 Å². The Morgan fingerprint density at radius 3 is 2.56 bits per heavy atom. The first-order chi connectivity index (χ1) is 8.65. The highest BCUT2D eigenvalue weighted by Crippen LogP contribution is 2.10. The van der Waals surface area contributed by atoms with E-state index in [0.717, 1.165) is 9.13 Å². The number of hydrogen-bond acceptors (Lipinski definition) is 3. The van der Waals surface area contributed by atoms with Crippen molar-refractivity contribution < 1.29 is 9.53 Å². The largest absolute Gasteiger partial charge is 0.457 e. The maximum absolute atomic E-state index is 11.7. The number of esters is 1. The summed E-state index contributed by atoms with van der Waals surface area (Å²) in [5.41, 5.74) is 1.34. The number of nitrogens with zero attached hydrogens (tertiary/aromatic N) is 1. The van der Waals surface area contributed by atoms with Gasteiger partial charge in [-0.3, -0.25) is 0 Å². The Hall–Kier alpha value is -1.14. The van der Waals surface area contributed by atoms with Gasteiger partial charge in [0.2, 0.25) is 0 Å². The van der Waals surface area contributed by atoms with Crippen molar-refractivity contribution in [3.05, 3.63) is 62.4 Å². The van der Waals surface area contributed by atoms with Crippen molar-refractivity contribution in [2.24, 2.45) is 0 Å². The van der Waals surface area contributed by atoms with Crippen molar-refractivity contribution in [1.82, 2.24) is 4.98 Å². The molecule has 0 bridgehead atoms. The number of rotatable bonds is 3. The molecule has 1 aromatic heterocycles. The lowest BCUT2D eigenvalue weighted by Gasteiger charge is -2.04. The normalized spacial score (nSPS) is 10.1. The molecule has 0 spiro atoms. The van der Waals surface area contributed by atoms with E-state index < -0.39 is 0 Å². The fourth-order valence-corrected chi connectivity index (χ4v) is 1.78. The fourth-order valence-electron chi connectivity index (χ4n) is 1.31. The van der Waals surface area contributed by atoms with Crippen LogP contribution in [0.15, 0.2) is 42.6 Å². The lowest BCUT2D eigenvalue weighted by Crippen LogP contribution is -2.05. The average molecular weight is 374 g/mol. The van der Waals surface area contributed by atoms with Gasteiger partial charge >= 0.3 is 5.97 Å². The van der Waals surface area contributed by atoms with Gasteiger partial charge in [-0.25, -0.2) is 9.78 Å². The molecule has 5 heteroatoms. The van der Waals surface area contributed by atoms with Gasteiger partial charge in [0.1, 0.15) is 11.8 Å². The molecule has 18 heavy (non-hydrogen) atoms. The van der Waals surface area contributed by atoms with E-state index in [1.54, 1.807) is 30.5 Å². The molecule has 0 saturated carbocycles. The molecule has 92 valence electrons. The number of aromatic nitrogens is 1. The van der Waals surface area contributed by atoms with Gasteiger partial charge in [-0.05, 0) is 52.9 Å². The molecule has 2 aromatic rings. The van der Waals surface area contributed by atoms with Crippen LogP contribution < -0.4 is 0 Å². The average Bonchev–Trinajstić information content (AvgIpc) is 2.38. The molecule has 0 unspecified atom stereocenters. The van der Waals surface area contributed by atoms with Crippen LogP contribution >= 0.6 is 34.2 Å². The second kappa shape index (κ2) is 6.15. The third-order valence-corrected chi connectivity index (χ3v) is 3.18. The van der Waals surface area contributed by atoms with Crippen molar-refractivity contribution in [1.29, 1.82) is 0 Å². The van der Waals surface area contributed by atoms with Gasteiger partial charge in [0.05, 0.1) is 5.56 Å². The zero-order valence-electron chi connectivity index (χ0n) is 9.27. The zero-order valence-corrected chi connectivity index (χ0v) is 12.2. The monoisotopic (exact) mass is 373 g/mol. The summed E-state index contributed by atoms with van der Waals surface area (Å²) in [5, 5.41) is 0.419. The van der Waals surface area contributed by atoms with Crippen LogP contribution in [0.1, 0.15) is 15.9 Å². The predicted molar refractivity (Wildman–Crippen MR) is 77.5 cm³/mol. The van der Waals surface area contributed by atoms with E-state index in [0.29, 0.717) is 10.7 Å². The summed E-state index contributed by atoms with van der Waals surface area (Å²) in [5.74, 6) is -0.346. The third-order valence-electron chi connectivity index (χ3n) is 2.24. The SMILES string of the molecule is O=C(OCc1ccc(Cl)nc1)c1ccc(I)cc1. The number of hydrogen-bond donors (Lipinski definition) is 0. The van der Waals surface area contributed by atoms with Gasteiger partial charge in [-0.2, -0.15) is 0 Å². The Morgan fingerprint density at radius 2 is 1.94 bits per heavy atom. The molecule has 0 amide bonds. The number of pyridine rings is 1. The zero-order chi connectivity index (χ0) is 13.0. The third kappa shape index (κ3) is 3.68. The van der Waals surface area contributed by atoms with Crippen molar-refractivity contribution in [2.75, 3.05) is 0 Å². The molecule has 0 aliphatic rings. The quantitative estimate of drug-likeness (QED) is 0.468. The van der Waals surface area contributed by atoms with Gasteiger partial charge in [0.25, 0.3) is 0 Å². The Labute approximate surface area is 123 Å². The predicted octanol–water partition coefficient (Wildman–Crippen LogP) is 3.70. The van der Waals surface area contributed by atoms with E-state index in [-0.39, 0.29) is 12.6 Å². The van der Waals surface area contributed by atoms with Gasteiger partial charge in [-0.15, -0.1) is 0 Å². The van der Waals surface area contributed by atoms with E-state index in [4.69, 9.17) is 16.3 Å². The molecular formula is C13H9ClINO2. The van der Waals surface area contributed by atoms with E-state index in [1.807, 2.05) is 12.1 Å². The summed E-state index contributed by atoms with van der Waals surface area (Å²) in [4.78, 5) is 15.6. The fraction of sp³-hybridized carbons (Fsp3) is 0.0769. The lowest BCUT2D eigenvalue weighted by atomic mass is 10.2. The van der Waals surface area contributed by atoms with E-state index >= 15 is 0 Å². The second-order valence-corrected chi connectivity index (χ2v) is 5.21. The first kappa shape index (κ1) is 13.3. The second-order valence-electron chi connectivity index (χ2n) is 3.57. The summed E-state index contributed by atoms with van der Waals surface area (Å²) >= 11 is 7.85. The minimum atomic E-state index is -0.346. The molecule has 0 saturated heterocycles. The standard InChI is InChI=1S/C13H9ClINO2/c14-12-6-1-9(7-16-12)8-18-13(17)10-2-4-11(15)5-3-10/h1-7H,8H2. The molecule has 2 rings (SSSR count). The summed E-state index contributed by atoms with van der Waals surface area (Å²) in [6.45, 7) is 0.189. The van der Waals surface area contributed by atoms with Crippen LogP contribution in [0.3, 0.4) is 0 Å². The molecule has 0 aliphatic carbocycles. The van der Waals surface area contributed by atoms with E-state index in [9.17, 15) is 4.79 Å². The minimum Gasteiger partial charge on any atom is -0.457 e. The highest BCUT2D eigenvalue weighted by Gasteiger charge is 2.07. The smallest absolute Gasteiger partial charge is 0.338 e. The number of carbonyl (C=O) groups excluding carboxylic acids is 1. The van der Waals surface area contributed by atoms with Crippen molar-refractivity contribution >= 4 is 40.2 Å². The van der Waals surface area contributed by atoms with Crippen LogP contribution in [0.5, 0.6) is 0 Å². The molecule has 0 atom stereocenters. The summed E-state index contributed by atoms with van der Waals surface area (Å²) in [6.07, 6.45) is 1.59. The van der Waals surface area contributed by atoms with Gasteiger partial charge in [-0.1, -0.05) is 17.7 Å². The maximum atomic E-state index is 11.7. The summed E-state index contributed by atoms with van der Waals surface area (Å²) in [7, 11) is 0. The molecular weight excluding hydrogens is 365 g/mol. The first-order valence-electron chi connectivity index (χ1n) is 5.18. The molecule has 0 fully saturated rings. The topological polar surface area (TPSA) is 39.2 Å². The Bertz CT molecular complexity index is 540. The molecule has 0 aliphatic heterocycles. The number of halogens is 2. The van der Waals surface area contributed by atoms with Crippen LogP contribution in [0.4, 0.5) is 0 Å². The van der Waals surface area contributed by atoms with Crippen LogP contribution in [-0.4, -0.2) is 11.0 Å². The highest BCUT2D eigenvalue weighted by atomic mass is 127. The molecule has 3 nitrogen and oxygen atoms in total. The molecule has 0 N–H and O–H groups in total. The van der Waals surface area contributed by atoms with E-state index in [2.05, 4.69) is 27.6 Å². The Kier molecular flexibility index (Phi) is 4.54. The Morgan fingerprint density at radius 1 is 1.22 bits per heavy atom. The molecule has 0 radical (unpaired) electrons. The van der Waals surface area contributed by atoms with Gasteiger partial charge in [0, 0.05) is 15.3 Å². The number of benzene rings is 1. The van der Waals surface area contributed by atoms with Gasteiger partial charge < -0.3 is 4.74 Å². The van der Waals surface area contributed by atoms with Crippen LogP contribution in [0, 0.1) is 3.57 Å². The summed E-state index contributed by atoms with van der Waals surface area (Å²) < 4.78 is 6.24. The minimum absolute atomic E-state index is 0.189. The van der Waals surface area contributed by atoms with Crippen molar-refractivity contribution in [3.8, 4) is 0 Å². The van der Waals surface area contributed by atoms with Crippen LogP contribution in [0.2, 0.25) is 5.15 Å². The first-order valence-corrected chi connectivity index (χ1v) is 6.64. The number of carbonyl (C=O) groups is 1. The van der Waals surface area contributed by atoms with Crippen molar-refractivity contribution in [2.45, 2.75) is 6.61 Å². The maximum Gasteiger partial charge on any atom is 0.338 e. The van der Waals surface area contributed by atoms with Crippen LogP contribution in [-0.2, 0) is 11.3 Å². The van der Waals surface area contributed by atoms with Crippen LogP contribution in [0.25, 0.3) is 0 Å². The summed E-state index contributed by atoms with van der Waals surface area (Å²) in [6, 6.07) is 10.6. The number of ether oxygens (including phenoxy) is 1. The molecule has 1 heterocycles. The Balaban J connectivity index is 1.96.